The molecule has 0 saturated carbocycles. The van der Waals surface area contributed by atoms with Gasteiger partial charge in [0.05, 0.1) is 11.8 Å². The molecule has 1 unspecified atom stereocenters. The normalized spacial score (nSPS) is 13.0. The predicted octanol–water partition coefficient (Wildman–Crippen LogP) is 1.61. The lowest BCUT2D eigenvalue weighted by Crippen LogP contribution is -2.43. The van der Waals surface area contributed by atoms with Crippen LogP contribution in [0.2, 0.25) is 0 Å². The van der Waals surface area contributed by atoms with Crippen LogP contribution in [-0.2, 0) is 17.8 Å². The number of ether oxygens (including phenoxy) is 1. The molecule has 0 aliphatic heterocycles. The Morgan fingerprint density at radius 1 is 1.52 bits per heavy atom. The Morgan fingerprint density at radius 2 is 2.22 bits per heavy atom. The number of aliphatic hydroxyl groups excluding tert-OH is 1. The fourth-order valence-electron chi connectivity index (χ4n) is 2.13. The van der Waals surface area contributed by atoms with Crippen LogP contribution in [0.15, 0.2) is 12.3 Å². The lowest BCUT2D eigenvalue weighted by Gasteiger charge is -2.28. The molecule has 7 nitrogen and oxygen atoms in total. The maximum absolute atomic E-state index is 12.2. The first-order valence-corrected chi connectivity index (χ1v) is 8.10. The molecule has 1 aromatic heterocycles. The summed E-state index contributed by atoms with van der Waals surface area (Å²) < 4.78 is 7.30. The standard InChI is InChI=1S/C16H30N4O3/c1-6-20-14(7-8-18-20)11-17-9-10-19(12-13(2)21)15(22)23-16(3,4)5/h7-8,13,17,21H,6,9-12H2,1-5H3. The van der Waals surface area contributed by atoms with Gasteiger partial charge in [-0.15, -0.1) is 0 Å². The van der Waals surface area contributed by atoms with Gasteiger partial charge in [-0.1, -0.05) is 0 Å². The van der Waals surface area contributed by atoms with E-state index in [1.165, 1.54) is 4.90 Å². The molecule has 0 aliphatic rings. The van der Waals surface area contributed by atoms with Gasteiger partial charge in [0.25, 0.3) is 0 Å². The summed E-state index contributed by atoms with van der Waals surface area (Å²) >= 11 is 0. The Labute approximate surface area is 138 Å². The number of hydrogen-bond acceptors (Lipinski definition) is 5. The van der Waals surface area contributed by atoms with Crippen molar-refractivity contribution in [2.75, 3.05) is 19.6 Å². The second-order valence-electron chi connectivity index (χ2n) is 6.59. The van der Waals surface area contributed by atoms with Crippen molar-refractivity contribution in [3.63, 3.8) is 0 Å². The zero-order chi connectivity index (χ0) is 17.5. The van der Waals surface area contributed by atoms with Crippen LogP contribution in [0.5, 0.6) is 0 Å². The molecule has 2 N–H and O–H groups in total. The summed E-state index contributed by atoms with van der Waals surface area (Å²) in [5.41, 5.74) is 0.557. The van der Waals surface area contributed by atoms with Crippen LogP contribution in [0.3, 0.4) is 0 Å². The van der Waals surface area contributed by atoms with E-state index in [9.17, 15) is 9.90 Å². The third-order valence-corrected chi connectivity index (χ3v) is 3.10. The van der Waals surface area contributed by atoms with Crippen molar-refractivity contribution in [2.45, 2.75) is 59.4 Å². The number of aliphatic hydroxyl groups is 1. The van der Waals surface area contributed by atoms with Crippen molar-refractivity contribution in [1.29, 1.82) is 0 Å². The van der Waals surface area contributed by atoms with E-state index in [0.29, 0.717) is 19.6 Å². The van der Waals surface area contributed by atoms with Crippen LogP contribution >= 0.6 is 0 Å². The van der Waals surface area contributed by atoms with Gasteiger partial charge >= 0.3 is 6.09 Å². The first kappa shape index (κ1) is 19.4. The average molecular weight is 326 g/mol. The van der Waals surface area contributed by atoms with Gasteiger partial charge in [0.1, 0.15) is 5.60 Å². The van der Waals surface area contributed by atoms with Crippen molar-refractivity contribution in [3.8, 4) is 0 Å². The SMILES string of the molecule is CCn1nccc1CNCCN(CC(C)O)C(=O)OC(C)(C)C. The van der Waals surface area contributed by atoms with Crippen molar-refractivity contribution in [1.82, 2.24) is 20.0 Å². The monoisotopic (exact) mass is 326 g/mol. The molecular weight excluding hydrogens is 296 g/mol. The summed E-state index contributed by atoms with van der Waals surface area (Å²) in [6.07, 6.45) is 0.781. The lowest BCUT2D eigenvalue weighted by atomic mass is 10.2. The number of hydrogen-bond donors (Lipinski definition) is 2. The predicted molar refractivity (Wildman–Crippen MR) is 89.1 cm³/mol. The summed E-state index contributed by atoms with van der Waals surface area (Å²) in [7, 11) is 0. The van der Waals surface area contributed by atoms with Crippen molar-refractivity contribution < 1.29 is 14.6 Å². The highest BCUT2D eigenvalue weighted by Gasteiger charge is 2.22. The van der Waals surface area contributed by atoms with Crippen molar-refractivity contribution in [2.24, 2.45) is 0 Å². The highest BCUT2D eigenvalue weighted by molar-refractivity contribution is 5.68. The number of nitrogens with one attached hydrogen (secondary N) is 1. The van der Waals surface area contributed by atoms with Crippen LogP contribution < -0.4 is 5.32 Å². The molecule has 0 radical (unpaired) electrons. The molecule has 1 amide bonds. The third-order valence-electron chi connectivity index (χ3n) is 3.10. The summed E-state index contributed by atoms with van der Waals surface area (Å²) in [4.78, 5) is 13.7. The number of rotatable bonds is 8. The first-order valence-electron chi connectivity index (χ1n) is 8.10. The van der Waals surface area contributed by atoms with Crippen LogP contribution in [0.1, 0.15) is 40.3 Å². The van der Waals surface area contributed by atoms with E-state index in [2.05, 4.69) is 10.4 Å². The van der Waals surface area contributed by atoms with E-state index in [1.807, 2.05) is 38.4 Å². The minimum absolute atomic E-state index is 0.253. The first-order chi connectivity index (χ1) is 10.7. The largest absolute Gasteiger partial charge is 0.444 e. The highest BCUT2D eigenvalue weighted by atomic mass is 16.6. The van der Waals surface area contributed by atoms with Gasteiger partial charge in [-0.3, -0.25) is 4.68 Å². The van der Waals surface area contributed by atoms with Gasteiger partial charge in [0.15, 0.2) is 0 Å². The van der Waals surface area contributed by atoms with E-state index in [0.717, 1.165) is 12.2 Å². The second kappa shape index (κ2) is 8.88. The molecule has 1 atom stereocenters. The smallest absolute Gasteiger partial charge is 0.410 e. The molecule has 0 saturated heterocycles. The fraction of sp³-hybridized carbons (Fsp3) is 0.750. The number of carbonyl (C=O) groups excluding carboxylic acids is 1. The van der Waals surface area contributed by atoms with E-state index in [4.69, 9.17) is 4.74 Å². The third kappa shape index (κ3) is 7.47. The zero-order valence-electron chi connectivity index (χ0n) is 14.9. The molecule has 0 bridgehead atoms. The number of nitrogens with zero attached hydrogens (tertiary/aromatic N) is 3. The quantitative estimate of drug-likeness (QED) is 0.710. The van der Waals surface area contributed by atoms with Crippen molar-refractivity contribution >= 4 is 6.09 Å². The molecular formula is C16H30N4O3. The fourth-order valence-corrected chi connectivity index (χ4v) is 2.13. The van der Waals surface area contributed by atoms with E-state index in [-0.39, 0.29) is 6.54 Å². The average Bonchev–Trinajstić information content (AvgIpc) is 2.87. The second-order valence-corrected chi connectivity index (χ2v) is 6.59. The molecule has 0 fully saturated rings. The molecule has 132 valence electrons. The number of carbonyl (C=O) groups is 1. The van der Waals surface area contributed by atoms with Gasteiger partial charge in [-0.2, -0.15) is 5.10 Å². The van der Waals surface area contributed by atoms with Crippen LogP contribution in [-0.4, -0.2) is 57.2 Å². The molecule has 1 rings (SSSR count). The number of amides is 1. The Bertz CT molecular complexity index is 480. The summed E-state index contributed by atoms with van der Waals surface area (Å²) in [6.45, 7) is 12.0. The maximum Gasteiger partial charge on any atom is 0.410 e. The van der Waals surface area contributed by atoms with Gasteiger partial charge in [0, 0.05) is 38.9 Å². The Morgan fingerprint density at radius 3 is 2.78 bits per heavy atom. The molecule has 0 aliphatic carbocycles. The summed E-state index contributed by atoms with van der Waals surface area (Å²) in [6, 6.07) is 1.97. The summed E-state index contributed by atoms with van der Waals surface area (Å²) in [5, 5.41) is 17.1. The Kier molecular flexibility index (Phi) is 7.51. The minimum atomic E-state index is -0.593. The highest BCUT2D eigenvalue weighted by Crippen LogP contribution is 2.10. The molecule has 23 heavy (non-hydrogen) atoms. The van der Waals surface area contributed by atoms with Crippen molar-refractivity contribution in [3.05, 3.63) is 18.0 Å². The molecule has 1 aromatic rings. The van der Waals surface area contributed by atoms with Crippen LogP contribution in [0.25, 0.3) is 0 Å². The van der Waals surface area contributed by atoms with E-state index >= 15 is 0 Å². The Balaban J connectivity index is 2.46. The van der Waals surface area contributed by atoms with Crippen LogP contribution in [0.4, 0.5) is 4.79 Å². The minimum Gasteiger partial charge on any atom is -0.444 e. The number of aromatic nitrogens is 2. The van der Waals surface area contributed by atoms with Gasteiger partial charge in [-0.25, -0.2) is 4.79 Å². The Hall–Kier alpha value is -1.60. The molecule has 0 spiro atoms. The van der Waals surface area contributed by atoms with Gasteiger partial charge in [-0.05, 0) is 40.7 Å². The maximum atomic E-state index is 12.2. The number of aryl methyl sites for hydroxylation is 1. The zero-order valence-corrected chi connectivity index (χ0v) is 14.9. The topological polar surface area (TPSA) is 79.6 Å². The summed E-state index contributed by atoms with van der Waals surface area (Å²) in [5.74, 6) is 0. The van der Waals surface area contributed by atoms with E-state index < -0.39 is 17.8 Å². The molecule has 0 aromatic carbocycles. The molecule has 7 heteroatoms. The van der Waals surface area contributed by atoms with Gasteiger partial charge in [0.2, 0.25) is 0 Å². The van der Waals surface area contributed by atoms with Gasteiger partial charge < -0.3 is 20.1 Å². The molecule has 1 heterocycles. The lowest BCUT2D eigenvalue weighted by molar-refractivity contribution is 0.0164. The van der Waals surface area contributed by atoms with Crippen LogP contribution in [0, 0.1) is 0 Å². The van der Waals surface area contributed by atoms with E-state index in [1.54, 1.807) is 13.1 Å².